The topological polar surface area (TPSA) is 78.9 Å². The van der Waals surface area contributed by atoms with E-state index in [2.05, 4.69) is 130 Å². The highest BCUT2D eigenvalue weighted by Gasteiger charge is 2.19. The van der Waals surface area contributed by atoms with Crippen LogP contribution in [0.5, 0.6) is 0 Å². The van der Waals surface area contributed by atoms with Gasteiger partial charge in [0.05, 0.1) is 0 Å². The van der Waals surface area contributed by atoms with E-state index in [1.165, 1.54) is 103 Å². The molecule has 1 atom stereocenters. The number of carbonyl (C=O) groups is 3. The van der Waals surface area contributed by atoms with Crippen LogP contribution in [-0.2, 0) is 28.6 Å². The number of rotatable bonds is 52. The van der Waals surface area contributed by atoms with Crippen molar-refractivity contribution < 1.29 is 28.6 Å². The normalized spacial score (nSPS) is 12.9. The van der Waals surface area contributed by atoms with Crippen LogP contribution in [0, 0.1) is 0 Å². The number of esters is 3. The average molecular weight is 986 g/mol. The highest BCUT2D eigenvalue weighted by molar-refractivity contribution is 5.71. The molecule has 0 fully saturated rings. The Morgan fingerprint density at radius 3 is 0.986 bits per heavy atom. The molecule has 0 saturated carbocycles. The SMILES string of the molecule is CC/C=C\C/C=C\C/C=C\C/C=C\C/C=C\CCCC(=O)OCC(COC(=O)CCCCCCC/C=C\C=C/CCCCCCCCC)OC(=O)CCCCCCC/C=C\C=C/CCCCCCCCC. The molecular weight excluding hydrogens is 877 g/mol. The first-order chi connectivity index (χ1) is 35.0. The maximum atomic E-state index is 12.9. The van der Waals surface area contributed by atoms with Gasteiger partial charge >= 0.3 is 17.9 Å². The molecule has 0 saturated heterocycles. The summed E-state index contributed by atoms with van der Waals surface area (Å²) in [6.45, 7) is 6.45. The first-order valence-corrected chi connectivity index (χ1v) is 29.4. The summed E-state index contributed by atoms with van der Waals surface area (Å²) in [5.74, 6) is -0.999. The van der Waals surface area contributed by atoms with Crippen LogP contribution in [0.15, 0.2) is 109 Å². The average Bonchev–Trinajstić information content (AvgIpc) is 3.37. The molecule has 0 bridgehead atoms. The molecule has 6 heteroatoms. The zero-order chi connectivity index (χ0) is 51.4. The van der Waals surface area contributed by atoms with Crippen LogP contribution in [0.25, 0.3) is 0 Å². The molecule has 404 valence electrons. The summed E-state index contributed by atoms with van der Waals surface area (Å²) < 4.78 is 16.8. The zero-order valence-electron chi connectivity index (χ0n) is 46.2. The summed E-state index contributed by atoms with van der Waals surface area (Å²) >= 11 is 0. The van der Waals surface area contributed by atoms with Crippen molar-refractivity contribution in [2.75, 3.05) is 13.2 Å². The number of hydrogen-bond donors (Lipinski definition) is 0. The van der Waals surface area contributed by atoms with Crippen LogP contribution in [0.1, 0.15) is 265 Å². The predicted octanol–water partition coefficient (Wildman–Crippen LogP) is 19.9. The van der Waals surface area contributed by atoms with Crippen molar-refractivity contribution in [3.05, 3.63) is 109 Å². The summed E-state index contributed by atoms with van der Waals surface area (Å²) in [6.07, 6.45) is 79.4. The molecule has 0 radical (unpaired) electrons. The van der Waals surface area contributed by atoms with Gasteiger partial charge in [-0.15, -0.1) is 0 Å². The second kappa shape index (κ2) is 58.6. The van der Waals surface area contributed by atoms with E-state index in [-0.39, 0.29) is 37.5 Å². The van der Waals surface area contributed by atoms with Crippen LogP contribution in [-0.4, -0.2) is 37.2 Å². The van der Waals surface area contributed by atoms with E-state index in [4.69, 9.17) is 14.2 Å². The van der Waals surface area contributed by atoms with Gasteiger partial charge < -0.3 is 14.2 Å². The largest absolute Gasteiger partial charge is 0.462 e. The summed E-state index contributed by atoms with van der Waals surface area (Å²) in [4.78, 5) is 38.2. The summed E-state index contributed by atoms with van der Waals surface area (Å²) in [7, 11) is 0. The summed E-state index contributed by atoms with van der Waals surface area (Å²) in [5.41, 5.74) is 0. The fourth-order valence-electron chi connectivity index (χ4n) is 7.87. The lowest BCUT2D eigenvalue weighted by Gasteiger charge is -2.18. The lowest BCUT2D eigenvalue weighted by molar-refractivity contribution is -0.167. The highest BCUT2D eigenvalue weighted by atomic mass is 16.6. The van der Waals surface area contributed by atoms with Crippen molar-refractivity contribution in [2.24, 2.45) is 0 Å². The molecule has 0 aliphatic heterocycles. The molecule has 0 rings (SSSR count). The Kier molecular flexibility index (Phi) is 55.4. The standard InChI is InChI=1S/C65H108O6/c1-4-7-10-13-16-19-22-25-28-31-34-37-40-43-46-49-52-55-58-64(67)70-61-62(60-69-63(66)57-54-51-48-45-42-39-36-33-30-27-24-21-18-15-12-9-6-3)71-65(68)59-56-53-50-47-44-41-38-35-32-29-26-23-20-17-14-11-8-5-2/h9,12,18,21,27-32,34-39,45,48,62H,4-8,10-11,13-17,19-20,22-26,33,40-44,46-47,49-61H2,1-3H3/b12-9-,21-18-,30-27-,31-28-,32-29-,37-34-,38-35-,39-36-,48-45-. The van der Waals surface area contributed by atoms with Gasteiger partial charge in [-0.05, 0) is 109 Å². The molecule has 0 aliphatic carbocycles. The Morgan fingerprint density at radius 2 is 0.606 bits per heavy atom. The number of ether oxygens (including phenoxy) is 3. The second-order valence-corrected chi connectivity index (χ2v) is 19.2. The Labute approximate surface area is 438 Å². The predicted molar refractivity (Wildman–Crippen MR) is 307 cm³/mol. The maximum Gasteiger partial charge on any atom is 0.306 e. The first kappa shape index (κ1) is 67.1. The van der Waals surface area contributed by atoms with Gasteiger partial charge in [-0.25, -0.2) is 0 Å². The van der Waals surface area contributed by atoms with Crippen molar-refractivity contribution in [3.8, 4) is 0 Å². The van der Waals surface area contributed by atoms with Crippen molar-refractivity contribution in [1.82, 2.24) is 0 Å². The van der Waals surface area contributed by atoms with Crippen molar-refractivity contribution in [3.63, 3.8) is 0 Å². The van der Waals surface area contributed by atoms with Crippen molar-refractivity contribution in [1.29, 1.82) is 0 Å². The molecule has 1 unspecified atom stereocenters. The molecule has 71 heavy (non-hydrogen) atoms. The van der Waals surface area contributed by atoms with E-state index in [0.717, 1.165) is 116 Å². The minimum absolute atomic E-state index is 0.112. The number of hydrogen-bond acceptors (Lipinski definition) is 6. The number of allylic oxidation sites excluding steroid dienone is 18. The van der Waals surface area contributed by atoms with Crippen molar-refractivity contribution >= 4 is 17.9 Å². The van der Waals surface area contributed by atoms with E-state index in [1.807, 2.05) is 0 Å². The van der Waals surface area contributed by atoms with E-state index in [9.17, 15) is 14.4 Å². The third kappa shape index (κ3) is 56.9. The van der Waals surface area contributed by atoms with Gasteiger partial charge in [-0.3, -0.25) is 14.4 Å². The first-order valence-electron chi connectivity index (χ1n) is 29.4. The maximum absolute atomic E-state index is 12.9. The molecule has 0 aromatic heterocycles. The van der Waals surface area contributed by atoms with Gasteiger partial charge in [0.2, 0.25) is 0 Å². The van der Waals surface area contributed by atoms with Gasteiger partial charge in [0.25, 0.3) is 0 Å². The van der Waals surface area contributed by atoms with E-state index < -0.39 is 6.10 Å². The fraction of sp³-hybridized carbons (Fsp3) is 0.677. The van der Waals surface area contributed by atoms with E-state index in [1.54, 1.807) is 0 Å². The second-order valence-electron chi connectivity index (χ2n) is 19.2. The minimum Gasteiger partial charge on any atom is -0.462 e. The van der Waals surface area contributed by atoms with Crippen LogP contribution in [0.3, 0.4) is 0 Å². The Bertz CT molecular complexity index is 1460. The molecule has 0 N–H and O–H groups in total. The van der Waals surface area contributed by atoms with Gasteiger partial charge in [0.1, 0.15) is 13.2 Å². The number of unbranched alkanes of at least 4 members (excludes halogenated alkanes) is 25. The third-order valence-electron chi connectivity index (χ3n) is 12.3. The summed E-state index contributed by atoms with van der Waals surface area (Å²) in [6, 6.07) is 0. The highest BCUT2D eigenvalue weighted by Crippen LogP contribution is 2.14. The lowest BCUT2D eigenvalue weighted by atomic mass is 10.1. The third-order valence-corrected chi connectivity index (χ3v) is 12.3. The Morgan fingerprint density at radius 1 is 0.310 bits per heavy atom. The Hall–Kier alpha value is -3.93. The Balaban J connectivity index is 4.54. The molecular formula is C65H108O6. The monoisotopic (exact) mass is 985 g/mol. The molecule has 0 aromatic carbocycles. The van der Waals surface area contributed by atoms with Gasteiger partial charge in [0, 0.05) is 19.3 Å². The molecule has 0 aliphatic rings. The molecule has 0 amide bonds. The smallest absolute Gasteiger partial charge is 0.306 e. The van der Waals surface area contributed by atoms with Gasteiger partial charge in [0.15, 0.2) is 6.10 Å². The van der Waals surface area contributed by atoms with Gasteiger partial charge in [-0.2, -0.15) is 0 Å². The summed E-state index contributed by atoms with van der Waals surface area (Å²) in [5, 5.41) is 0. The molecule has 0 spiro atoms. The van der Waals surface area contributed by atoms with E-state index >= 15 is 0 Å². The van der Waals surface area contributed by atoms with Gasteiger partial charge in [-0.1, -0.05) is 246 Å². The van der Waals surface area contributed by atoms with Crippen LogP contribution in [0.2, 0.25) is 0 Å². The van der Waals surface area contributed by atoms with Crippen molar-refractivity contribution in [2.45, 2.75) is 271 Å². The number of carbonyl (C=O) groups excluding carboxylic acids is 3. The zero-order valence-corrected chi connectivity index (χ0v) is 46.2. The molecule has 0 heterocycles. The fourth-order valence-corrected chi connectivity index (χ4v) is 7.87. The minimum atomic E-state index is -0.819. The van der Waals surface area contributed by atoms with Crippen LogP contribution < -0.4 is 0 Å². The van der Waals surface area contributed by atoms with E-state index in [0.29, 0.717) is 19.3 Å². The van der Waals surface area contributed by atoms with Crippen LogP contribution >= 0.6 is 0 Å². The lowest BCUT2D eigenvalue weighted by Crippen LogP contribution is -2.30. The molecule has 0 aromatic rings. The van der Waals surface area contributed by atoms with Crippen LogP contribution in [0.4, 0.5) is 0 Å². The quantitative estimate of drug-likeness (QED) is 0.0199. The molecule has 6 nitrogen and oxygen atoms in total.